The van der Waals surface area contributed by atoms with Crippen molar-refractivity contribution >= 4 is 35.0 Å². The van der Waals surface area contributed by atoms with Crippen LogP contribution in [-0.2, 0) is 9.59 Å². The number of rotatable bonds is 7. The maximum absolute atomic E-state index is 14.4. The first-order valence-electron chi connectivity index (χ1n) is 9.69. The van der Waals surface area contributed by atoms with Crippen LogP contribution in [-0.4, -0.2) is 18.4 Å². The minimum absolute atomic E-state index is 0.0767. The van der Waals surface area contributed by atoms with Crippen LogP contribution in [0.1, 0.15) is 6.92 Å². The van der Waals surface area contributed by atoms with E-state index in [1.54, 1.807) is 30.3 Å². The molecule has 5 nitrogen and oxygen atoms in total. The number of carbonyl (C=O) groups excluding carboxylic acids is 2. The summed E-state index contributed by atoms with van der Waals surface area (Å²) in [5.74, 6) is -1.13. The van der Waals surface area contributed by atoms with Crippen LogP contribution in [0.25, 0.3) is 0 Å². The van der Waals surface area contributed by atoms with Crippen molar-refractivity contribution in [3.63, 3.8) is 0 Å². The van der Waals surface area contributed by atoms with Gasteiger partial charge in [-0.15, -0.1) is 0 Å². The monoisotopic (exact) mass is 434 g/mol. The van der Waals surface area contributed by atoms with Gasteiger partial charge in [0.25, 0.3) is 11.8 Å². The van der Waals surface area contributed by atoms with Crippen LogP contribution >= 0.6 is 11.8 Å². The zero-order valence-electron chi connectivity index (χ0n) is 16.7. The second kappa shape index (κ2) is 9.06. The fourth-order valence-corrected chi connectivity index (χ4v) is 4.07. The summed E-state index contributed by atoms with van der Waals surface area (Å²) < 4.78 is 19.8. The van der Waals surface area contributed by atoms with Crippen molar-refractivity contribution in [1.29, 1.82) is 0 Å². The summed E-state index contributed by atoms with van der Waals surface area (Å²) in [5.41, 5.74) is 0.638. The van der Waals surface area contributed by atoms with Gasteiger partial charge in [-0.2, -0.15) is 0 Å². The Morgan fingerprint density at radius 3 is 2.26 bits per heavy atom. The van der Waals surface area contributed by atoms with Crippen molar-refractivity contribution in [1.82, 2.24) is 0 Å². The molecular formula is C24H19FN2O3S. The lowest BCUT2D eigenvalue weighted by Crippen LogP contribution is -2.33. The normalized spacial score (nSPS) is 13.7. The van der Waals surface area contributed by atoms with Gasteiger partial charge in [-0.3, -0.25) is 9.59 Å². The Morgan fingerprint density at radius 1 is 0.903 bits per heavy atom. The number of carbonyl (C=O) groups is 2. The predicted molar refractivity (Wildman–Crippen MR) is 119 cm³/mol. The fourth-order valence-electron chi connectivity index (χ4n) is 3.12. The molecule has 0 fully saturated rings. The Balaban J connectivity index is 1.71. The molecule has 7 heteroatoms. The standard InChI is InChI=1S/C24H19FN2O3S/c1-2-30-17-14-12-16(13-15-17)26-21-22(31-18-8-4-3-5-9-18)24(29)27(23(21)28)20-11-7-6-10-19(20)25/h3-15,26H,2H2,1H3. The molecular weight excluding hydrogens is 415 g/mol. The molecule has 3 aromatic rings. The molecule has 1 aliphatic heterocycles. The van der Waals surface area contributed by atoms with E-state index in [2.05, 4.69) is 5.32 Å². The van der Waals surface area contributed by atoms with Crippen LogP contribution in [0.15, 0.2) is 94.4 Å². The summed E-state index contributed by atoms with van der Waals surface area (Å²) in [4.78, 5) is 28.3. The van der Waals surface area contributed by atoms with Crippen molar-refractivity contribution in [2.45, 2.75) is 11.8 Å². The van der Waals surface area contributed by atoms with Gasteiger partial charge in [0, 0.05) is 10.6 Å². The molecule has 0 saturated carbocycles. The molecule has 1 N–H and O–H groups in total. The zero-order valence-corrected chi connectivity index (χ0v) is 17.5. The highest BCUT2D eigenvalue weighted by Gasteiger charge is 2.41. The van der Waals surface area contributed by atoms with Crippen LogP contribution in [0.4, 0.5) is 15.8 Å². The van der Waals surface area contributed by atoms with E-state index in [0.717, 1.165) is 21.6 Å². The number of benzene rings is 3. The first-order valence-corrected chi connectivity index (χ1v) is 10.5. The fraction of sp³-hybridized carbons (Fsp3) is 0.0833. The molecule has 0 bridgehead atoms. The highest BCUT2D eigenvalue weighted by atomic mass is 32.2. The number of imide groups is 1. The van der Waals surface area contributed by atoms with Gasteiger partial charge in [0.05, 0.1) is 12.3 Å². The Labute approximate surface area is 183 Å². The van der Waals surface area contributed by atoms with Crippen molar-refractivity contribution in [2.75, 3.05) is 16.8 Å². The predicted octanol–water partition coefficient (Wildman–Crippen LogP) is 5.21. The minimum atomic E-state index is -0.643. The number of nitrogens with one attached hydrogen (secondary N) is 1. The van der Waals surface area contributed by atoms with Crippen LogP contribution in [0.2, 0.25) is 0 Å². The van der Waals surface area contributed by atoms with Crippen LogP contribution in [0, 0.1) is 5.82 Å². The third kappa shape index (κ3) is 4.32. The maximum atomic E-state index is 14.4. The average molecular weight is 434 g/mol. The van der Waals surface area contributed by atoms with Gasteiger partial charge in [-0.05, 0) is 55.5 Å². The number of ether oxygens (including phenoxy) is 1. The summed E-state index contributed by atoms with van der Waals surface area (Å²) in [7, 11) is 0. The van der Waals surface area contributed by atoms with E-state index in [1.165, 1.54) is 18.2 Å². The Morgan fingerprint density at radius 2 is 1.58 bits per heavy atom. The van der Waals surface area contributed by atoms with Crippen LogP contribution in [0.3, 0.4) is 0 Å². The molecule has 3 aromatic carbocycles. The van der Waals surface area contributed by atoms with Gasteiger partial charge < -0.3 is 10.1 Å². The number of halogens is 1. The van der Waals surface area contributed by atoms with Gasteiger partial charge in [-0.1, -0.05) is 42.1 Å². The molecule has 2 amide bonds. The minimum Gasteiger partial charge on any atom is -0.494 e. The Kier molecular flexibility index (Phi) is 6.04. The molecule has 156 valence electrons. The van der Waals surface area contributed by atoms with Crippen molar-refractivity contribution in [2.24, 2.45) is 0 Å². The third-order valence-electron chi connectivity index (χ3n) is 4.53. The Bertz CT molecular complexity index is 1150. The summed E-state index contributed by atoms with van der Waals surface area (Å²) >= 11 is 1.16. The second-order valence-electron chi connectivity index (χ2n) is 6.60. The van der Waals surface area contributed by atoms with Crippen molar-refractivity contribution in [3.8, 4) is 5.75 Å². The lowest BCUT2D eigenvalue weighted by molar-refractivity contribution is -0.120. The van der Waals surface area contributed by atoms with Crippen LogP contribution in [0.5, 0.6) is 5.75 Å². The van der Waals surface area contributed by atoms with E-state index in [0.29, 0.717) is 18.0 Å². The van der Waals surface area contributed by atoms with E-state index < -0.39 is 17.6 Å². The van der Waals surface area contributed by atoms with Gasteiger partial charge in [0.2, 0.25) is 0 Å². The molecule has 0 spiro atoms. The summed E-state index contributed by atoms with van der Waals surface area (Å²) in [6, 6.07) is 22.0. The molecule has 0 atom stereocenters. The number of hydrogen-bond acceptors (Lipinski definition) is 5. The number of anilines is 2. The van der Waals surface area contributed by atoms with E-state index in [4.69, 9.17) is 4.74 Å². The molecule has 0 radical (unpaired) electrons. The highest BCUT2D eigenvalue weighted by Crippen LogP contribution is 2.38. The smallest absolute Gasteiger partial charge is 0.283 e. The van der Waals surface area contributed by atoms with Crippen molar-refractivity contribution in [3.05, 3.63) is 95.3 Å². The van der Waals surface area contributed by atoms with Gasteiger partial charge >= 0.3 is 0 Å². The summed E-state index contributed by atoms with van der Waals surface area (Å²) in [5, 5.41) is 3.05. The molecule has 0 aliphatic carbocycles. The van der Waals surface area contributed by atoms with Crippen LogP contribution < -0.4 is 15.0 Å². The molecule has 1 heterocycles. The van der Waals surface area contributed by atoms with E-state index in [9.17, 15) is 14.0 Å². The summed E-state index contributed by atoms with van der Waals surface area (Å²) in [6.45, 7) is 2.44. The van der Waals surface area contributed by atoms with E-state index in [-0.39, 0.29) is 16.3 Å². The zero-order chi connectivity index (χ0) is 21.8. The first-order chi connectivity index (χ1) is 15.1. The topological polar surface area (TPSA) is 58.6 Å². The lowest BCUT2D eigenvalue weighted by Gasteiger charge is -2.16. The average Bonchev–Trinajstić information content (AvgIpc) is 3.00. The first kappa shape index (κ1) is 20.7. The maximum Gasteiger partial charge on any atom is 0.283 e. The SMILES string of the molecule is CCOc1ccc(NC2=C(Sc3ccccc3)C(=O)N(c3ccccc3F)C2=O)cc1. The molecule has 4 rings (SSSR count). The Hall–Kier alpha value is -3.58. The van der Waals surface area contributed by atoms with Gasteiger partial charge in [0.1, 0.15) is 22.2 Å². The summed E-state index contributed by atoms with van der Waals surface area (Å²) in [6.07, 6.45) is 0. The highest BCUT2D eigenvalue weighted by molar-refractivity contribution is 8.04. The number of hydrogen-bond donors (Lipinski definition) is 1. The quantitative estimate of drug-likeness (QED) is 0.517. The van der Waals surface area contributed by atoms with Gasteiger partial charge in [0.15, 0.2) is 0 Å². The third-order valence-corrected chi connectivity index (χ3v) is 5.62. The largest absolute Gasteiger partial charge is 0.494 e. The second-order valence-corrected chi connectivity index (χ2v) is 7.68. The molecule has 0 saturated heterocycles. The number of amides is 2. The molecule has 0 unspecified atom stereocenters. The molecule has 1 aliphatic rings. The number of para-hydroxylation sites is 1. The van der Waals surface area contributed by atoms with Crippen molar-refractivity contribution < 1.29 is 18.7 Å². The lowest BCUT2D eigenvalue weighted by atomic mass is 10.2. The van der Waals surface area contributed by atoms with E-state index >= 15 is 0 Å². The molecule has 0 aromatic heterocycles. The molecule has 31 heavy (non-hydrogen) atoms. The van der Waals surface area contributed by atoms with Gasteiger partial charge in [-0.25, -0.2) is 9.29 Å². The van der Waals surface area contributed by atoms with E-state index in [1.807, 2.05) is 37.3 Å². The number of nitrogens with zero attached hydrogens (tertiary/aromatic N) is 1. The number of thioether (sulfide) groups is 1.